The molecule has 0 aliphatic heterocycles. The summed E-state index contributed by atoms with van der Waals surface area (Å²) in [6.07, 6.45) is -2.62. The summed E-state index contributed by atoms with van der Waals surface area (Å²) < 4.78 is 24.2. The summed E-state index contributed by atoms with van der Waals surface area (Å²) in [6, 6.07) is 0. The van der Waals surface area contributed by atoms with E-state index in [1.54, 1.807) is 0 Å². The van der Waals surface area contributed by atoms with Crippen LogP contribution in [0.5, 0.6) is 0 Å². The second-order valence-electron chi connectivity index (χ2n) is 2.59. The lowest BCUT2D eigenvalue weighted by Crippen LogP contribution is -2.07. The molecule has 9 heteroatoms. The van der Waals surface area contributed by atoms with E-state index in [2.05, 4.69) is 20.9 Å². The number of nitrogens with zero attached hydrogens (tertiary/aromatic N) is 2. The van der Waals surface area contributed by atoms with Gasteiger partial charge in [-0.3, -0.25) is 10.1 Å². The van der Waals surface area contributed by atoms with E-state index in [9.17, 15) is 23.7 Å². The second kappa shape index (κ2) is 4.47. The highest BCUT2D eigenvalue weighted by molar-refractivity contribution is 9.10. The van der Waals surface area contributed by atoms with Crippen molar-refractivity contribution in [3.8, 4) is 0 Å². The van der Waals surface area contributed by atoms with Gasteiger partial charge in [-0.2, -0.15) is 0 Å². The molecule has 0 amide bonds. The summed E-state index contributed by atoms with van der Waals surface area (Å²) in [5.41, 5.74) is -2.60. The summed E-state index contributed by atoms with van der Waals surface area (Å²) in [5, 5.41) is 19.1. The number of halogens is 3. The van der Waals surface area contributed by atoms with Crippen molar-refractivity contribution in [2.75, 3.05) is 0 Å². The molecule has 1 heterocycles. The van der Waals surface area contributed by atoms with Gasteiger partial charge in [-0.05, 0) is 15.9 Å². The molecule has 0 saturated heterocycles. The van der Waals surface area contributed by atoms with Gasteiger partial charge in [0, 0.05) is 6.20 Å². The first-order valence-corrected chi connectivity index (χ1v) is 4.49. The minimum atomic E-state index is -3.10. The van der Waals surface area contributed by atoms with Gasteiger partial charge >= 0.3 is 5.97 Å². The third kappa shape index (κ3) is 2.13. The summed E-state index contributed by atoms with van der Waals surface area (Å²) in [7, 11) is 0. The molecule has 0 aliphatic carbocycles. The van der Waals surface area contributed by atoms with Gasteiger partial charge < -0.3 is 5.11 Å². The minimum Gasteiger partial charge on any atom is -0.476 e. The Hall–Kier alpha value is -1.64. The molecule has 0 radical (unpaired) electrons. The van der Waals surface area contributed by atoms with Crippen molar-refractivity contribution in [3.63, 3.8) is 0 Å². The van der Waals surface area contributed by atoms with E-state index < -0.39 is 38.7 Å². The summed E-state index contributed by atoms with van der Waals surface area (Å²) in [5.74, 6) is -1.55. The Labute approximate surface area is 95.2 Å². The van der Waals surface area contributed by atoms with Crippen LogP contribution in [-0.4, -0.2) is 21.0 Å². The highest BCUT2D eigenvalue weighted by Gasteiger charge is 2.29. The molecule has 1 rings (SSSR count). The first kappa shape index (κ1) is 12.4. The molecule has 0 aromatic carbocycles. The van der Waals surface area contributed by atoms with Gasteiger partial charge in [-0.25, -0.2) is 18.6 Å². The Balaban J connectivity index is 3.54. The summed E-state index contributed by atoms with van der Waals surface area (Å²) in [6.45, 7) is 0. The molecule has 0 atom stereocenters. The van der Waals surface area contributed by atoms with E-state index >= 15 is 0 Å². The second-order valence-corrected chi connectivity index (χ2v) is 3.38. The van der Waals surface area contributed by atoms with Crippen molar-refractivity contribution in [1.29, 1.82) is 0 Å². The Kier molecular flexibility index (Phi) is 3.48. The van der Waals surface area contributed by atoms with E-state index in [0.29, 0.717) is 6.20 Å². The lowest BCUT2D eigenvalue weighted by atomic mass is 10.2. The average Bonchev–Trinajstić information content (AvgIpc) is 2.15. The fourth-order valence-corrected chi connectivity index (χ4v) is 1.63. The quantitative estimate of drug-likeness (QED) is 0.683. The normalized spacial score (nSPS) is 10.5. The van der Waals surface area contributed by atoms with Crippen molar-refractivity contribution in [1.82, 2.24) is 4.98 Å². The molecule has 0 saturated carbocycles. The number of hydrogen-bond donors (Lipinski definition) is 1. The molecule has 1 aromatic heterocycles. The van der Waals surface area contributed by atoms with Crippen LogP contribution in [-0.2, 0) is 0 Å². The summed E-state index contributed by atoms with van der Waals surface area (Å²) in [4.78, 5) is 23.2. The molecule has 0 unspecified atom stereocenters. The number of carboxylic acid groups (broad SMARTS) is 1. The van der Waals surface area contributed by atoms with Gasteiger partial charge in [0.2, 0.25) is 0 Å². The predicted molar refractivity (Wildman–Crippen MR) is 50.5 cm³/mol. The van der Waals surface area contributed by atoms with Crippen LogP contribution in [0.3, 0.4) is 0 Å². The molecule has 16 heavy (non-hydrogen) atoms. The zero-order valence-corrected chi connectivity index (χ0v) is 8.94. The molecule has 1 aromatic rings. The van der Waals surface area contributed by atoms with E-state index in [4.69, 9.17) is 5.11 Å². The van der Waals surface area contributed by atoms with E-state index in [1.165, 1.54) is 0 Å². The molecule has 6 nitrogen and oxygen atoms in total. The topological polar surface area (TPSA) is 93.3 Å². The van der Waals surface area contributed by atoms with E-state index in [1.807, 2.05) is 0 Å². The molecule has 0 bridgehead atoms. The van der Waals surface area contributed by atoms with Crippen LogP contribution < -0.4 is 0 Å². The van der Waals surface area contributed by atoms with Crippen molar-refractivity contribution >= 4 is 27.6 Å². The Morgan fingerprint density at radius 2 is 2.19 bits per heavy atom. The standard InChI is InChI=1S/C7H3BrF2N2O4/c8-3-4(7(13)14)11-1-2(6(9)10)5(3)12(15)16/h1,6H,(H,13,14). The SMILES string of the molecule is O=C(O)c1ncc(C(F)F)c([N+](=O)[O-])c1Br. The number of aromatic carboxylic acids is 1. The fourth-order valence-electron chi connectivity index (χ4n) is 0.985. The number of carbonyl (C=O) groups is 1. The van der Waals surface area contributed by atoms with Crippen LogP contribution in [0.4, 0.5) is 14.5 Å². The number of nitro groups is 1. The number of hydrogen-bond acceptors (Lipinski definition) is 4. The van der Waals surface area contributed by atoms with E-state index in [0.717, 1.165) is 0 Å². The average molecular weight is 297 g/mol. The zero-order valence-electron chi connectivity index (χ0n) is 7.35. The van der Waals surface area contributed by atoms with Gasteiger partial charge in [0.1, 0.15) is 10.0 Å². The fraction of sp³-hybridized carbons (Fsp3) is 0.143. The van der Waals surface area contributed by atoms with E-state index in [-0.39, 0.29) is 0 Å². The molecule has 0 fully saturated rings. The van der Waals surface area contributed by atoms with Crippen molar-refractivity contribution in [2.45, 2.75) is 6.43 Å². The highest BCUT2D eigenvalue weighted by Crippen LogP contribution is 2.35. The first-order chi connectivity index (χ1) is 7.36. The molecule has 1 N–H and O–H groups in total. The van der Waals surface area contributed by atoms with Gasteiger partial charge in [0.05, 0.1) is 4.92 Å². The smallest absolute Gasteiger partial charge is 0.355 e. The molecular weight excluding hydrogens is 294 g/mol. The van der Waals surface area contributed by atoms with Gasteiger partial charge in [-0.1, -0.05) is 0 Å². The van der Waals surface area contributed by atoms with Crippen LogP contribution in [0.15, 0.2) is 10.7 Å². The molecule has 86 valence electrons. The van der Waals surface area contributed by atoms with Crippen molar-refractivity contribution < 1.29 is 23.6 Å². The Morgan fingerprint density at radius 3 is 2.56 bits per heavy atom. The number of aromatic nitrogens is 1. The number of carboxylic acids is 1. The monoisotopic (exact) mass is 296 g/mol. The minimum absolute atomic E-state index is 0.483. The van der Waals surface area contributed by atoms with Crippen LogP contribution >= 0.6 is 15.9 Å². The van der Waals surface area contributed by atoms with Crippen LogP contribution in [0.25, 0.3) is 0 Å². The Bertz CT molecular complexity index is 466. The number of rotatable bonds is 3. The highest BCUT2D eigenvalue weighted by atomic mass is 79.9. The molecule has 0 spiro atoms. The van der Waals surface area contributed by atoms with Crippen LogP contribution in [0.2, 0.25) is 0 Å². The van der Waals surface area contributed by atoms with Crippen molar-refractivity contribution in [3.05, 3.63) is 32.0 Å². The molecule has 0 aliphatic rings. The largest absolute Gasteiger partial charge is 0.476 e. The maximum Gasteiger partial charge on any atom is 0.355 e. The number of pyridine rings is 1. The molecular formula is C7H3BrF2N2O4. The van der Waals surface area contributed by atoms with Crippen LogP contribution in [0.1, 0.15) is 22.5 Å². The Morgan fingerprint density at radius 1 is 1.62 bits per heavy atom. The first-order valence-electron chi connectivity index (χ1n) is 3.70. The third-order valence-corrected chi connectivity index (χ3v) is 2.39. The van der Waals surface area contributed by atoms with Gasteiger partial charge in [0.25, 0.3) is 12.1 Å². The van der Waals surface area contributed by atoms with Crippen molar-refractivity contribution in [2.24, 2.45) is 0 Å². The predicted octanol–water partition coefficient (Wildman–Crippen LogP) is 2.39. The lowest BCUT2D eigenvalue weighted by Gasteiger charge is -2.04. The zero-order chi connectivity index (χ0) is 12.5. The van der Waals surface area contributed by atoms with Gasteiger partial charge in [0.15, 0.2) is 5.69 Å². The summed E-state index contributed by atoms with van der Waals surface area (Å²) >= 11 is 2.58. The third-order valence-electron chi connectivity index (χ3n) is 1.64. The maximum absolute atomic E-state index is 12.4. The van der Waals surface area contributed by atoms with Crippen LogP contribution in [0, 0.1) is 10.1 Å². The van der Waals surface area contributed by atoms with Gasteiger partial charge in [-0.15, -0.1) is 0 Å². The maximum atomic E-state index is 12.4. The lowest BCUT2D eigenvalue weighted by molar-refractivity contribution is -0.387. The number of alkyl halides is 2.